The molecule has 192 valence electrons. The minimum absolute atomic E-state index is 0.123. The first-order valence-corrected chi connectivity index (χ1v) is 13.5. The fraction of sp³-hybridized carbons (Fsp3) is 0.250. The van der Waals surface area contributed by atoms with Crippen LogP contribution in [0.25, 0.3) is 27.7 Å². The molecule has 0 atom stereocenters. The molecular weight excluding hydrogens is 470 g/mol. The lowest BCUT2D eigenvalue weighted by atomic mass is 9.95. The van der Waals surface area contributed by atoms with Gasteiger partial charge < -0.3 is 16.4 Å². The number of pyridine rings is 1. The molecule has 0 spiro atoms. The molecule has 1 fully saturated rings. The Balaban J connectivity index is 1.33. The summed E-state index contributed by atoms with van der Waals surface area (Å²) in [6, 6.07) is 27.0. The molecule has 1 amide bonds. The van der Waals surface area contributed by atoms with Crippen LogP contribution in [-0.2, 0) is 13.1 Å². The van der Waals surface area contributed by atoms with Crippen molar-refractivity contribution in [1.29, 1.82) is 0 Å². The molecule has 38 heavy (non-hydrogen) atoms. The van der Waals surface area contributed by atoms with Crippen molar-refractivity contribution in [2.24, 2.45) is 5.73 Å². The van der Waals surface area contributed by atoms with Crippen molar-refractivity contribution >= 4 is 28.1 Å². The van der Waals surface area contributed by atoms with Crippen molar-refractivity contribution in [2.75, 3.05) is 5.32 Å². The summed E-state index contributed by atoms with van der Waals surface area (Å²) in [4.78, 5) is 18.1. The van der Waals surface area contributed by atoms with E-state index in [-0.39, 0.29) is 5.91 Å². The molecule has 1 aliphatic carbocycles. The van der Waals surface area contributed by atoms with Crippen LogP contribution in [0.4, 0.5) is 5.82 Å². The highest BCUT2D eigenvalue weighted by Crippen LogP contribution is 2.33. The number of benzene rings is 3. The van der Waals surface area contributed by atoms with Crippen molar-refractivity contribution in [3.8, 4) is 11.3 Å². The topological polar surface area (TPSA) is 84.5 Å². The Hall–Kier alpha value is -4.16. The Labute approximate surface area is 222 Å². The smallest absolute Gasteiger partial charge is 0.251 e. The first-order valence-electron chi connectivity index (χ1n) is 13.5. The number of hydrogen-bond donors (Lipinski definition) is 3. The van der Waals surface area contributed by atoms with Gasteiger partial charge >= 0.3 is 0 Å². The van der Waals surface area contributed by atoms with Gasteiger partial charge in [-0.3, -0.25) is 9.20 Å². The lowest BCUT2D eigenvalue weighted by Gasteiger charge is -2.24. The van der Waals surface area contributed by atoms with Crippen LogP contribution in [-0.4, -0.2) is 21.3 Å². The van der Waals surface area contributed by atoms with E-state index in [1.807, 2.05) is 42.6 Å². The van der Waals surface area contributed by atoms with Gasteiger partial charge in [-0.1, -0.05) is 79.9 Å². The van der Waals surface area contributed by atoms with E-state index in [1.165, 1.54) is 30.0 Å². The highest BCUT2D eigenvalue weighted by Gasteiger charge is 2.21. The number of anilines is 1. The van der Waals surface area contributed by atoms with Crippen LogP contribution in [0.2, 0.25) is 0 Å². The lowest BCUT2D eigenvalue weighted by molar-refractivity contribution is 0.0951. The number of nitrogens with zero attached hydrogens (tertiary/aromatic N) is 2. The van der Waals surface area contributed by atoms with Crippen molar-refractivity contribution in [1.82, 2.24) is 14.7 Å². The second kappa shape index (κ2) is 10.7. The van der Waals surface area contributed by atoms with Crippen LogP contribution < -0.4 is 16.4 Å². The third-order valence-electron chi connectivity index (χ3n) is 7.54. The number of amides is 1. The summed E-state index contributed by atoms with van der Waals surface area (Å²) < 4.78 is 2.08. The van der Waals surface area contributed by atoms with Gasteiger partial charge in [0.15, 0.2) is 0 Å². The zero-order valence-electron chi connectivity index (χ0n) is 21.5. The Morgan fingerprint density at radius 1 is 0.895 bits per heavy atom. The number of fused-ring (bicyclic) bond motifs is 2. The maximum Gasteiger partial charge on any atom is 0.251 e. The average Bonchev–Trinajstić information content (AvgIpc) is 3.33. The molecule has 0 saturated heterocycles. The molecule has 2 aromatic heterocycles. The second-order valence-corrected chi connectivity index (χ2v) is 10.2. The highest BCUT2D eigenvalue weighted by atomic mass is 16.1. The van der Waals surface area contributed by atoms with E-state index in [1.54, 1.807) is 0 Å². The molecule has 6 rings (SSSR count). The van der Waals surface area contributed by atoms with Crippen LogP contribution in [0, 0.1) is 0 Å². The summed E-state index contributed by atoms with van der Waals surface area (Å²) in [5.74, 6) is 0.871. The number of imidazole rings is 1. The quantitative estimate of drug-likeness (QED) is 0.244. The average molecular weight is 504 g/mol. The van der Waals surface area contributed by atoms with Gasteiger partial charge in [0.05, 0.1) is 0 Å². The highest BCUT2D eigenvalue weighted by molar-refractivity contribution is 5.95. The molecule has 0 aliphatic heterocycles. The molecule has 0 bridgehead atoms. The molecule has 2 heterocycles. The maximum absolute atomic E-state index is 13.1. The number of carbonyl (C=O) groups excluding carboxylic acids is 1. The van der Waals surface area contributed by atoms with E-state index in [0.29, 0.717) is 24.7 Å². The first kappa shape index (κ1) is 24.2. The number of nitrogens with one attached hydrogen (secondary N) is 2. The number of nitrogens with two attached hydrogens (primary N) is 1. The summed E-state index contributed by atoms with van der Waals surface area (Å²) in [6.45, 7) is 0.929. The SMILES string of the molecule is NCc1cccc(CNC(=O)c2ccn3c(NC4CCCCC4)c(-c4ccc5ccccc5c4)nc3c2)c1. The van der Waals surface area contributed by atoms with Gasteiger partial charge in [0.1, 0.15) is 17.2 Å². The van der Waals surface area contributed by atoms with Crippen LogP contribution in [0.5, 0.6) is 0 Å². The van der Waals surface area contributed by atoms with Crippen LogP contribution in [0.3, 0.4) is 0 Å². The third-order valence-corrected chi connectivity index (χ3v) is 7.54. The molecule has 6 heteroatoms. The molecule has 3 aromatic carbocycles. The monoisotopic (exact) mass is 503 g/mol. The van der Waals surface area contributed by atoms with E-state index in [4.69, 9.17) is 10.7 Å². The van der Waals surface area contributed by atoms with E-state index in [9.17, 15) is 4.79 Å². The van der Waals surface area contributed by atoms with Crippen molar-refractivity contribution in [2.45, 2.75) is 51.2 Å². The zero-order chi connectivity index (χ0) is 25.9. The Morgan fingerprint density at radius 2 is 1.71 bits per heavy atom. The molecule has 0 radical (unpaired) electrons. The van der Waals surface area contributed by atoms with Crippen molar-refractivity contribution < 1.29 is 4.79 Å². The van der Waals surface area contributed by atoms with E-state index in [2.05, 4.69) is 57.5 Å². The van der Waals surface area contributed by atoms with Crippen molar-refractivity contribution in [3.63, 3.8) is 0 Å². The molecule has 1 saturated carbocycles. The Kier molecular flexibility index (Phi) is 6.80. The third kappa shape index (κ3) is 5.00. The van der Waals surface area contributed by atoms with Gasteiger partial charge in [-0.25, -0.2) is 4.98 Å². The van der Waals surface area contributed by atoms with Gasteiger partial charge in [0, 0.05) is 36.5 Å². The molecule has 6 nitrogen and oxygen atoms in total. The fourth-order valence-electron chi connectivity index (χ4n) is 5.45. The predicted octanol–water partition coefficient (Wildman–Crippen LogP) is 6.29. The van der Waals surface area contributed by atoms with E-state index < -0.39 is 0 Å². The van der Waals surface area contributed by atoms with Crippen LogP contribution in [0.1, 0.15) is 53.6 Å². The molecular formula is C32H33N5O. The maximum atomic E-state index is 13.1. The van der Waals surface area contributed by atoms with Crippen LogP contribution in [0.15, 0.2) is 85.1 Å². The summed E-state index contributed by atoms with van der Waals surface area (Å²) in [6.07, 6.45) is 8.09. The standard InChI is InChI=1S/C32H33N5O/c33-20-22-7-6-8-23(17-22)21-34-32(38)27-15-16-37-29(19-27)36-30(31(37)35-28-11-2-1-3-12-28)26-14-13-24-9-4-5-10-25(24)18-26/h4-10,13-19,28,35H,1-3,11-12,20-21,33H2,(H,34,38). The first-order chi connectivity index (χ1) is 18.7. The molecule has 0 unspecified atom stereocenters. The number of carbonyl (C=O) groups is 1. The fourth-order valence-corrected chi connectivity index (χ4v) is 5.45. The number of aromatic nitrogens is 2. The normalized spacial score (nSPS) is 14.1. The second-order valence-electron chi connectivity index (χ2n) is 10.2. The van der Waals surface area contributed by atoms with Crippen LogP contribution >= 0.6 is 0 Å². The number of hydrogen-bond acceptors (Lipinski definition) is 4. The van der Waals surface area contributed by atoms with Gasteiger partial charge in [-0.2, -0.15) is 0 Å². The summed E-state index contributed by atoms with van der Waals surface area (Å²) in [5.41, 5.74) is 11.2. The van der Waals surface area contributed by atoms with E-state index in [0.717, 1.165) is 46.7 Å². The Morgan fingerprint density at radius 3 is 2.55 bits per heavy atom. The molecule has 5 aromatic rings. The number of rotatable bonds is 7. The molecule has 1 aliphatic rings. The largest absolute Gasteiger partial charge is 0.367 e. The lowest BCUT2D eigenvalue weighted by Crippen LogP contribution is -2.24. The summed E-state index contributed by atoms with van der Waals surface area (Å²) >= 11 is 0. The predicted molar refractivity (Wildman–Crippen MR) is 154 cm³/mol. The van der Waals surface area contributed by atoms with Gasteiger partial charge in [-0.15, -0.1) is 0 Å². The van der Waals surface area contributed by atoms with Gasteiger partial charge in [0.25, 0.3) is 5.91 Å². The Bertz CT molecular complexity index is 1600. The zero-order valence-corrected chi connectivity index (χ0v) is 21.5. The summed E-state index contributed by atoms with van der Waals surface area (Å²) in [5, 5.41) is 9.24. The van der Waals surface area contributed by atoms with Gasteiger partial charge in [0.2, 0.25) is 0 Å². The summed E-state index contributed by atoms with van der Waals surface area (Å²) in [7, 11) is 0. The minimum atomic E-state index is -0.123. The van der Waals surface area contributed by atoms with Gasteiger partial charge in [-0.05, 0) is 52.9 Å². The van der Waals surface area contributed by atoms with E-state index >= 15 is 0 Å². The van der Waals surface area contributed by atoms with Crippen molar-refractivity contribution in [3.05, 3.63) is 102 Å². The molecule has 4 N–H and O–H groups in total. The minimum Gasteiger partial charge on any atom is -0.367 e.